The number of ether oxygens (including phenoxy) is 1. The van der Waals surface area contributed by atoms with Crippen LogP contribution in [0, 0.1) is 0 Å². The zero-order chi connectivity index (χ0) is 22.5. The van der Waals surface area contributed by atoms with Crippen molar-refractivity contribution in [1.29, 1.82) is 0 Å². The summed E-state index contributed by atoms with van der Waals surface area (Å²) in [6.45, 7) is 7.27. The minimum atomic E-state index is -0.287. The Morgan fingerprint density at radius 1 is 1.09 bits per heavy atom. The third-order valence-corrected chi connectivity index (χ3v) is 6.39. The zero-order valence-electron chi connectivity index (χ0n) is 18.8. The number of fused-ring (bicyclic) bond motifs is 2. The number of nitrogens with one attached hydrogen (secondary N) is 1. The quantitative estimate of drug-likeness (QED) is 0.425. The lowest BCUT2D eigenvalue weighted by Crippen LogP contribution is -2.27. The number of pyridine rings is 1. The van der Waals surface area contributed by atoms with Gasteiger partial charge in [0.05, 0.1) is 16.8 Å². The molecule has 0 saturated heterocycles. The minimum Gasteiger partial charge on any atom is -0.461 e. The van der Waals surface area contributed by atoms with Gasteiger partial charge < -0.3 is 15.0 Å². The number of aromatic nitrogens is 1. The second-order valence-electron chi connectivity index (χ2n) is 8.15. The molecule has 1 N–H and O–H groups in total. The number of hydrogen-bond donors (Lipinski definition) is 1. The molecular weight excluding hydrogens is 422 g/mol. The summed E-state index contributed by atoms with van der Waals surface area (Å²) in [5, 5.41) is 5.35. The smallest absolute Gasteiger partial charge is 0.338 e. The number of anilines is 2. The molecule has 2 aromatic carbocycles. The molecule has 32 heavy (non-hydrogen) atoms. The summed E-state index contributed by atoms with van der Waals surface area (Å²) in [6, 6.07) is 13.3. The Bertz CT molecular complexity index is 1090. The van der Waals surface area contributed by atoms with Crippen LogP contribution in [0.15, 0.2) is 42.5 Å². The van der Waals surface area contributed by atoms with Crippen LogP contribution in [0.3, 0.4) is 0 Å². The number of rotatable bonds is 8. The fourth-order valence-electron chi connectivity index (χ4n) is 4.27. The summed E-state index contributed by atoms with van der Waals surface area (Å²) >= 11 is 6.22. The number of carbonyl (C=O) groups excluding carboxylic acids is 1. The van der Waals surface area contributed by atoms with E-state index in [1.165, 1.54) is 12.0 Å². The van der Waals surface area contributed by atoms with E-state index in [1.54, 1.807) is 0 Å². The van der Waals surface area contributed by atoms with Crippen LogP contribution in [-0.2, 0) is 17.6 Å². The predicted molar refractivity (Wildman–Crippen MR) is 131 cm³/mol. The molecule has 6 heteroatoms. The van der Waals surface area contributed by atoms with E-state index in [1.807, 2.05) is 42.5 Å². The maximum Gasteiger partial charge on any atom is 0.338 e. The molecule has 4 rings (SSSR count). The van der Waals surface area contributed by atoms with Crippen LogP contribution in [0.25, 0.3) is 10.9 Å². The maximum atomic E-state index is 12.4. The number of nitrogens with zero attached hydrogens (tertiary/aromatic N) is 2. The van der Waals surface area contributed by atoms with Crippen molar-refractivity contribution in [3.63, 3.8) is 0 Å². The van der Waals surface area contributed by atoms with Gasteiger partial charge in [0.15, 0.2) is 0 Å². The number of likely N-dealkylation sites (N-methyl/N-ethyl adjacent to an activating group) is 1. The number of esters is 1. The fourth-order valence-corrected chi connectivity index (χ4v) is 4.43. The molecule has 0 radical (unpaired) electrons. The Morgan fingerprint density at radius 2 is 1.84 bits per heavy atom. The molecule has 0 aliphatic heterocycles. The van der Waals surface area contributed by atoms with Crippen molar-refractivity contribution >= 4 is 39.8 Å². The Labute approximate surface area is 194 Å². The number of aryl methyl sites for hydroxylation is 1. The molecule has 3 aromatic rings. The summed E-state index contributed by atoms with van der Waals surface area (Å²) in [4.78, 5) is 19.5. The highest BCUT2D eigenvalue weighted by atomic mass is 35.5. The van der Waals surface area contributed by atoms with Gasteiger partial charge in [0.2, 0.25) is 0 Å². The molecule has 1 aliphatic rings. The van der Waals surface area contributed by atoms with Gasteiger partial charge in [0.25, 0.3) is 0 Å². The van der Waals surface area contributed by atoms with Crippen LogP contribution >= 0.6 is 11.6 Å². The summed E-state index contributed by atoms with van der Waals surface area (Å²) in [5.41, 5.74) is 5.93. The second kappa shape index (κ2) is 10.3. The Morgan fingerprint density at radius 3 is 2.59 bits per heavy atom. The van der Waals surface area contributed by atoms with Crippen molar-refractivity contribution in [2.45, 2.75) is 39.5 Å². The summed E-state index contributed by atoms with van der Waals surface area (Å²) in [5.74, 6) is -0.287. The molecular formula is C26H30ClN3O2. The number of benzene rings is 2. The molecule has 0 unspecified atom stereocenters. The van der Waals surface area contributed by atoms with Gasteiger partial charge >= 0.3 is 5.97 Å². The van der Waals surface area contributed by atoms with E-state index >= 15 is 0 Å². The molecule has 0 saturated carbocycles. The van der Waals surface area contributed by atoms with Crippen molar-refractivity contribution in [1.82, 2.24) is 9.88 Å². The first kappa shape index (κ1) is 22.6. The van der Waals surface area contributed by atoms with Gasteiger partial charge in [-0.3, -0.25) is 4.98 Å². The highest BCUT2D eigenvalue weighted by molar-refractivity contribution is 6.31. The normalized spacial score (nSPS) is 13.2. The van der Waals surface area contributed by atoms with Crippen molar-refractivity contribution in [2.75, 3.05) is 31.6 Å². The highest BCUT2D eigenvalue weighted by Gasteiger charge is 2.19. The number of hydrogen-bond acceptors (Lipinski definition) is 5. The van der Waals surface area contributed by atoms with Crippen molar-refractivity contribution in [3.05, 3.63) is 64.3 Å². The standard InChI is InChI=1S/C26H30ClN3O2/c1-3-30(4-2)15-16-32-26(31)18-9-12-20(13-10-18)28-25-21-7-5-6-8-23(21)29-24-17-19(27)11-14-22(24)25/h9-14,17H,3-8,15-16H2,1-2H3,(H,28,29). The largest absolute Gasteiger partial charge is 0.461 e. The predicted octanol–water partition coefficient (Wildman–Crippen LogP) is 6.01. The molecule has 0 bridgehead atoms. The lowest BCUT2D eigenvalue weighted by Gasteiger charge is -2.22. The van der Waals surface area contributed by atoms with Gasteiger partial charge in [0.1, 0.15) is 6.61 Å². The lowest BCUT2D eigenvalue weighted by atomic mass is 9.92. The molecule has 0 amide bonds. The summed E-state index contributed by atoms with van der Waals surface area (Å²) < 4.78 is 5.44. The van der Waals surface area contributed by atoms with Gasteiger partial charge in [-0.05, 0) is 86.8 Å². The molecule has 5 nitrogen and oxygen atoms in total. The molecule has 1 aromatic heterocycles. The minimum absolute atomic E-state index is 0.287. The van der Waals surface area contributed by atoms with Gasteiger partial charge in [0, 0.05) is 28.3 Å². The maximum absolute atomic E-state index is 12.4. The molecule has 1 heterocycles. The third-order valence-electron chi connectivity index (χ3n) is 6.15. The van der Waals surface area contributed by atoms with Crippen LogP contribution in [0.1, 0.15) is 48.3 Å². The molecule has 168 valence electrons. The van der Waals surface area contributed by atoms with E-state index in [0.29, 0.717) is 17.2 Å². The summed E-state index contributed by atoms with van der Waals surface area (Å²) in [6.07, 6.45) is 4.34. The van der Waals surface area contributed by atoms with E-state index in [4.69, 9.17) is 21.3 Å². The van der Waals surface area contributed by atoms with Crippen LogP contribution < -0.4 is 5.32 Å². The van der Waals surface area contributed by atoms with Crippen LogP contribution in [0.5, 0.6) is 0 Å². The van der Waals surface area contributed by atoms with E-state index in [2.05, 4.69) is 24.1 Å². The third kappa shape index (κ3) is 5.05. The number of halogens is 1. The van der Waals surface area contributed by atoms with E-state index in [9.17, 15) is 4.79 Å². The highest BCUT2D eigenvalue weighted by Crippen LogP contribution is 2.36. The first-order valence-electron chi connectivity index (χ1n) is 11.5. The Kier molecular flexibility index (Phi) is 7.28. The Balaban J connectivity index is 1.52. The van der Waals surface area contributed by atoms with E-state index in [0.717, 1.165) is 66.9 Å². The van der Waals surface area contributed by atoms with Gasteiger partial charge in [-0.1, -0.05) is 25.4 Å². The topological polar surface area (TPSA) is 54.5 Å². The number of carbonyl (C=O) groups is 1. The van der Waals surface area contributed by atoms with Crippen LogP contribution in [0.4, 0.5) is 11.4 Å². The van der Waals surface area contributed by atoms with Crippen LogP contribution in [0.2, 0.25) is 5.02 Å². The van der Waals surface area contributed by atoms with Gasteiger partial charge in [-0.2, -0.15) is 0 Å². The molecule has 0 spiro atoms. The van der Waals surface area contributed by atoms with Crippen molar-refractivity contribution < 1.29 is 9.53 Å². The van der Waals surface area contributed by atoms with Crippen molar-refractivity contribution in [3.8, 4) is 0 Å². The SMILES string of the molecule is CCN(CC)CCOC(=O)c1ccc(Nc2c3c(nc4cc(Cl)ccc24)CCCC3)cc1. The first-order valence-corrected chi connectivity index (χ1v) is 11.8. The molecule has 0 fully saturated rings. The van der Waals surface area contributed by atoms with Crippen molar-refractivity contribution in [2.24, 2.45) is 0 Å². The second-order valence-corrected chi connectivity index (χ2v) is 8.58. The van der Waals surface area contributed by atoms with E-state index < -0.39 is 0 Å². The Hall–Kier alpha value is -2.63. The van der Waals surface area contributed by atoms with E-state index in [-0.39, 0.29) is 5.97 Å². The van der Waals surface area contributed by atoms with Gasteiger partial charge in [-0.25, -0.2) is 4.79 Å². The zero-order valence-corrected chi connectivity index (χ0v) is 19.5. The first-order chi connectivity index (χ1) is 15.6. The lowest BCUT2D eigenvalue weighted by molar-refractivity contribution is 0.0466. The average molecular weight is 452 g/mol. The fraction of sp³-hybridized carbons (Fsp3) is 0.385. The summed E-state index contributed by atoms with van der Waals surface area (Å²) in [7, 11) is 0. The van der Waals surface area contributed by atoms with Gasteiger partial charge in [-0.15, -0.1) is 0 Å². The average Bonchev–Trinajstić information content (AvgIpc) is 2.82. The molecule has 0 atom stereocenters. The molecule has 1 aliphatic carbocycles. The van der Waals surface area contributed by atoms with Crippen LogP contribution in [-0.4, -0.2) is 42.1 Å². The monoisotopic (exact) mass is 451 g/mol.